The molecule has 182 valence electrons. The summed E-state index contributed by atoms with van der Waals surface area (Å²) in [7, 11) is 0. The highest BCUT2D eigenvalue weighted by molar-refractivity contribution is 6.07. The van der Waals surface area contributed by atoms with Gasteiger partial charge in [0, 0.05) is 48.1 Å². The predicted octanol–water partition coefficient (Wildman–Crippen LogP) is 5.00. The highest BCUT2D eigenvalue weighted by Crippen LogP contribution is 2.39. The van der Waals surface area contributed by atoms with Crippen molar-refractivity contribution < 1.29 is 24.5 Å². The number of aryl methyl sites for hydroxylation is 1. The monoisotopic (exact) mass is 475 g/mol. The van der Waals surface area contributed by atoms with Gasteiger partial charge in [0.05, 0.1) is 17.5 Å². The molecule has 0 spiro atoms. The lowest BCUT2D eigenvalue weighted by Crippen LogP contribution is -2.47. The van der Waals surface area contributed by atoms with Gasteiger partial charge in [-0.1, -0.05) is 12.1 Å². The summed E-state index contributed by atoms with van der Waals surface area (Å²) in [6, 6.07) is 10.2. The van der Waals surface area contributed by atoms with E-state index in [1.54, 1.807) is 24.3 Å². The van der Waals surface area contributed by atoms with Crippen LogP contribution in [0.15, 0.2) is 36.4 Å². The summed E-state index contributed by atoms with van der Waals surface area (Å²) in [6.07, 6.45) is 6.47. The average molecular weight is 476 g/mol. The van der Waals surface area contributed by atoms with Crippen molar-refractivity contribution in [1.82, 2.24) is 9.88 Å². The summed E-state index contributed by atoms with van der Waals surface area (Å²) in [6.45, 7) is 4.15. The number of aromatic carboxylic acids is 1. The number of rotatable bonds is 6. The number of ether oxygens (including phenoxy) is 1. The Bertz CT molecular complexity index is 1240. The van der Waals surface area contributed by atoms with Gasteiger partial charge in [-0.15, -0.1) is 0 Å². The van der Waals surface area contributed by atoms with Gasteiger partial charge < -0.3 is 19.9 Å². The minimum Gasteiger partial charge on any atom is -0.507 e. The first-order valence-corrected chi connectivity index (χ1v) is 12.3. The van der Waals surface area contributed by atoms with Crippen LogP contribution in [0, 0.1) is 12.8 Å². The number of phenolic OH excluding ortho intramolecular Hbond substituents is 1. The number of phenols is 1. The number of nitrogens with one attached hydrogen (secondary N) is 1. The van der Waals surface area contributed by atoms with Crippen LogP contribution < -0.4 is 0 Å². The van der Waals surface area contributed by atoms with E-state index in [4.69, 9.17) is 9.84 Å². The number of hydrogen-bond donors (Lipinski definition) is 3. The van der Waals surface area contributed by atoms with Crippen LogP contribution in [0.3, 0.4) is 0 Å². The molecule has 1 atom stereocenters. The quantitative estimate of drug-likeness (QED) is 0.342. The zero-order valence-electron chi connectivity index (χ0n) is 20.0. The molecule has 1 unspecified atom stereocenters. The molecule has 3 aromatic rings. The fraction of sp³-hybridized carbons (Fsp3) is 0.393. The van der Waals surface area contributed by atoms with Crippen LogP contribution in [0.2, 0.25) is 0 Å². The number of carbonyl (C=O) groups is 2. The molecular formula is C28H31N2O5+. The zero-order valence-corrected chi connectivity index (χ0v) is 20.0. The summed E-state index contributed by atoms with van der Waals surface area (Å²) in [4.78, 5) is 30.2. The van der Waals surface area contributed by atoms with Crippen molar-refractivity contribution in [2.24, 2.45) is 0 Å². The maximum atomic E-state index is 13.2. The number of aromatic hydroxyl groups is 1. The number of esters is 1. The number of fused-ring (bicyclic) bond motifs is 2. The van der Waals surface area contributed by atoms with Crippen molar-refractivity contribution in [3.8, 4) is 5.75 Å². The minimum atomic E-state index is -0.998. The number of nitrogens with zero attached hydrogens (tertiary/aromatic N) is 1. The van der Waals surface area contributed by atoms with E-state index >= 15 is 0 Å². The van der Waals surface area contributed by atoms with Crippen LogP contribution in [-0.2, 0) is 17.8 Å². The fourth-order valence-electron chi connectivity index (χ4n) is 5.71. The van der Waals surface area contributed by atoms with Gasteiger partial charge >= 0.3 is 11.9 Å². The van der Waals surface area contributed by atoms with Gasteiger partial charge in [-0.25, -0.2) is 9.59 Å². The van der Waals surface area contributed by atoms with Gasteiger partial charge in [-0.05, 0) is 49.6 Å². The molecule has 0 radical (unpaired) electrons. The third kappa shape index (κ3) is 4.60. The molecule has 3 N–H and O–H groups in total. The van der Waals surface area contributed by atoms with Crippen LogP contribution in [0.1, 0.15) is 69.6 Å². The van der Waals surface area contributed by atoms with Crippen LogP contribution in [0.5, 0.6) is 5.75 Å². The lowest BCUT2D eigenvalue weighted by molar-refractivity contribution is 0.0473. The molecule has 2 fully saturated rings. The first kappa shape index (κ1) is 23.3. The number of H-pyrrole nitrogens is 1. The molecule has 2 saturated heterocycles. The van der Waals surface area contributed by atoms with Crippen molar-refractivity contribution in [1.29, 1.82) is 0 Å². The standard InChI is InChI=1S/C28H30N2O5/c1-17-25(28(34)35-16-18-7-9-19(10-8-18)27(32)33)26-21(24(31)12-11-22(26)29-17)15-20-5-4-14-30-13-3-2-6-23(20)30/h7-12,23H,2-6,13-16H2,1H3,(H2-,29,31,32,33,34)/p+1. The molecule has 7 nitrogen and oxygen atoms in total. The van der Waals surface area contributed by atoms with Gasteiger partial charge in [0.2, 0.25) is 0 Å². The Morgan fingerprint density at radius 3 is 2.66 bits per heavy atom. The zero-order chi connectivity index (χ0) is 24.5. The first-order chi connectivity index (χ1) is 16.9. The molecule has 35 heavy (non-hydrogen) atoms. The Morgan fingerprint density at radius 1 is 1.11 bits per heavy atom. The summed E-state index contributed by atoms with van der Waals surface area (Å²) >= 11 is 0. The van der Waals surface area contributed by atoms with Gasteiger partial charge in [0.1, 0.15) is 24.7 Å². The van der Waals surface area contributed by atoms with Crippen molar-refractivity contribution in [3.05, 3.63) is 70.3 Å². The number of carboxylic acid groups (broad SMARTS) is 1. The Kier molecular flexibility index (Phi) is 6.43. The van der Waals surface area contributed by atoms with E-state index < -0.39 is 11.9 Å². The molecule has 2 aromatic carbocycles. The Labute approximate surface area is 204 Å². The third-order valence-corrected chi connectivity index (χ3v) is 7.44. The molecule has 5 rings (SSSR count). The number of benzene rings is 2. The van der Waals surface area contributed by atoms with Crippen molar-refractivity contribution in [2.45, 2.75) is 58.1 Å². The maximum absolute atomic E-state index is 13.2. The molecule has 1 aromatic heterocycles. The topological polar surface area (TPSA) is 103 Å². The van der Waals surface area contributed by atoms with E-state index in [-0.39, 0.29) is 17.9 Å². The second-order valence-corrected chi connectivity index (χ2v) is 9.68. The van der Waals surface area contributed by atoms with Gasteiger partial charge in [0.25, 0.3) is 0 Å². The van der Waals surface area contributed by atoms with Gasteiger partial charge in [-0.2, -0.15) is 0 Å². The minimum absolute atomic E-state index is 0.0351. The molecule has 0 amide bonds. The normalized spacial score (nSPS) is 18.4. The fourth-order valence-corrected chi connectivity index (χ4v) is 5.71. The summed E-state index contributed by atoms with van der Waals surface area (Å²) in [5.41, 5.74) is 3.64. The van der Waals surface area contributed by atoms with E-state index in [9.17, 15) is 14.7 Å². The van der Waals surface area contributed by atoms with Gasteiger partial charge in [-0.3, -0.25) is 4.90 Å². The highest BCUT2D eigenvalue weighted by Gasteiger charge is 2.42. The number of aromatic nitrogens is 1. The third-order valence-electron chi connectivity index (χ3n) is 7.44. The van der Waals surface area contributed by atoms with Crippen LogP contribution in [0.4, 0.5) is 0 Å². The molecule has 0 saturated carbocycles. The smallest absolute Gasteiger partial charge is 0.340 e. The Hall–Kier alpha value is -3.45. The maximum Gasteiger partial charge on any atom is 0.340 e. The number of carboxylic acids is 1. The van der Waals surface area contributed by atoms with Crippen molar-refractivity contribution in [3.63, 3.8) is 0 Å². The lowest BCUT2D eigenvalue weighted by Gasteiger charge is -2.37. The van der Waals surface area contributed by atoms with E-state index in [1.165, 1.54) is 30.9 Å². The van der Waals surface area contributed by atoms with E-state index in [2.05, 4.69) is 9.88 Å². The first-order valence-electron chi connectivity index (χ1n) is 12.3. The van der Waals surface area contributed by atoms with E-state index in [0.717, 1.165) is 48.8 Å². The highest BCUT2D eigenvalue weighted by atomic mass is 16.5. The Morgan fingerprint density at radius 2 is 1.89 bits per heavy atom. The lowest BCUT2D eigenvalue weighted by atomic mass is 9.79. The van der Waals surface area contributed by atoms with Crippen molar-refractivity contribution >= 4 is 22.8 Å². The van der Waals surface area contributed by atoms with Crippen molar-refractivity contribution in [2.75, 3.05) is 13.1 Å². The summed E-state index contributed by atoms with van der Waals surface area (Å²) < 4.78 is 5.63. The number of piperidine rings is 2. The van der Waals surface area contributed by atoms with E-state index in [0.29, 0.717) is 29.3 Å². The van der Waals surface area contributed by atoms with Gasteiger partial charge in [0.15, 0.2) is 6.04 Å². The molecule has 0 aliphatic carbocycles. The predicted molar refractivity (Wildman–Crippen MR) is 133 cm³/mol. The number of aromatic amines is 1. The second kappa shape index (κ2) is 9.66. The molecule has 3 heterocycles. The molecule has 7 heteroatoms. The number of hydrogen-bond acceptors (Lipinski definition) is 5. The number of carbonyl (C=O) groups excluding carboxylic acids is 1. The second-order valence-electron chi connectivity index (χ2n) is 9.68. The summed E-state index contributed by atoms with van der Waals surface area (Å²) in [5.74, 6) is 0.184. The van der Waals surface area contributed by atoms with Crippen LogP contribution >= 0.6 is 0 Å². The molecule has 2 aliphatic rings. The Balaban J connectivity index is 1.41. The average Bonchev–Trinajstić information content (AvgIpc) is 3.21. The molecular weight excluding hydrogens is 444 g/mol. The molecule has 0 bridgehead atoms. The van der Waals surface area contributed by atoms with Crippen LogP contribution in [-0.4, -0.2) is 51.2 Å². The molecule has 2 aliphatic heterocycles. The van der Waals surface area contributed by atoms with Crippen LogP contribution in [0.25, 0.3) is 10.9 Å². The summed E-state index contributed by atoms with van der Waals surface area (Å²) in [5, 5.41) is 20.7. The largest absolute Gasteiger partial charge is 0.507 e. The van der Waals surface area contributed by atoms with E-state index in [1.807, 2.05) is 6.92 Å². The SMILES string of the molecule is Cc1[nH]c2ccc(O)c(C[C+]3CCCN4CCCCC34)c2c1C(=O)OCc1ccc(C(=O)O)cc1.